The summed E-state index contributed by atoms with van der Waals surface area (Å²) < 4.78 is 70.5. The summed E-state index contributed by atoms with van der Waals surface area (Å²) >= 11 is 0. The lowest BCUT2D eigenvalue weighted by Gasteiger charge is -2.27. The summed E-state index contributed by atoms with van der Waals surface area (Å²) in [5.41, 5.74) is 2.30. The summed E-state index contributed by atoms with van der Waals surface area (Å²) in [5, 5.41) is 10.9. The first-order valence-electron chi connectivity index (χ1n) is 13.9. The van der Waals surface area contributed by atoms with E-state index >= 15 is 0 Å². The predicted octanol–water partition coefficient (Wildman–Crippen LogP) is 4.45. The number of pyridine rings is 1. The van der Waals surface area contributed by atoms with Crippen molar-refractivity contribution in [3.63, 3.8) is 0 Å². The van der Waals surface area contributed by atoms with Crippen LogP contribution in [0.4, 0.5) is 26.7 Å². The minimum atomic E-state index is -4.54. The van der Waals surface area contributed by atoms with Crippen LogP contribution in [0.25, 0.3) is 11.2 Å². The fourth-order valence-corrected chi connectivity index (χ4v) is 4.38. The number of nitrogens with one attached hydrogen (secondary N) is 4. The van der Waals surface area contributed by atoms with E-state index in [2.05, 4.69) is 25.4 Å². The number of hydrogen-bond acceptors (Lipinski definition) is 6. The fraction of sp³-hybridized carbons (Fsp3) is 0.593. The lowest BCUT2D eigenvalue weighted by Crippen LogP contribution is -2.54. The zero-order valence-electron chi connectivity index (χ0n) is 24.1. The van der Waals surface area contributed by atoms with E-state index in [1.165, 1.54) is 26.0 Å². The Morgan fingerprint density at radius 2 is 1.79 bits per heavy atom. The van der Waals surface area contributed by atoms with E-state index in [1.54, 1.807) is 10.7 Å². The van der Waals surface area contributed by atoms with Gasteiger partial charge in [0.1, 0.15) is 17.6 Å². The lowest BCUT2D eigenvalue weighted by molar-refractivity contribution is -0.227. The van der Waals surface area contributed by atoms with Gasteiger partial charge in [0, 0.05) is 17.9 Å². The van der Waals surface area contributed by atoms with Crippen LogP contribution < -0.4 is 16.0 Å². The fourth-order valence-electron chi connectivity index (χ4n) is 4.38. The Kier molecular flexibility index (Phi) is 9.57. The van der Waals surface area contributed by atoms with Crippen LogP contribution in [0.15, 0.2) is 24.4 Å². The Bertz CT molecular complexity index is 1410. The van der Waals surface area contributed by atoms with Gasteiger partial charge < -0.3 is 25.7 Å². The molecular formula is C27H35F5N8O3. The molecule has 1 saturated carbocycles. The highest BCUT2D eigenvalue weighted by Crippen LogP contribution is 2.32. The zero-order chi connectivity index (χ0) is 31.5. The number of fused-ring (bicyclic) bond motifs is 1. The largest absolute Gasteiger partial charge is 0.414 e. The van der Waals surface area contributed by atoms with Gasteiger partial charge in [-0.15, -0.1) is 0 Å². The Hall–Kier alpha value is -3.82. The summed E-state index contributed by atoms with van der Waals surface area (Å²) in [4.78, 5) is 35.5. The van der Waals surface area contributed by atoms with Crippen LogP contribution >= 0.6 is 0 Å². The molecule has 3 atom stereocenters. The summed E-state index contributed by atoms with van der Waals surface area (Å²) in [7, 11) is 0. The van der Waals surface area contributed by atoms with Crippen molar-refractivity contribution in [3.05, 3.63) is 41.6 Å². The Morgan fingerprint density at radius 1 is 1.12 bits per heavy atom. The van der Waals surface area contributed by atoms with Crippen molar-refractivity contribution >= 4 is 23.1 Å². The number of ether oxygens (including phenoxy) is 1. The standard InChI is InChI=1S/C23H29F3N6O2.C4H6F2N2O/c1-12(2)32-18(9-10-27-32)22(33)30-19(13(3)34-14(4)23(24,25)26)21-29-17-8-7-16(11-15-5-6-15)28-20(17)31-21;5-4(6)1-7-3(9)8-2-4/h7-10,12-15,19H,5-6,11H2,1-4H3,(H,30,33)(H,28,29,31);1-2H2,(H2,7,8,9)/t13-,14?,19+;/m1./s1. The Balaban J connectivity index is 0.000000403. The van der Waals surface area contributed by atoms with Gasteiger partial charge in [-0.1, -0.05) is 0 Å². The normalized spacial score (nSPS) is 18.7. The van der Waals surface area contributed by atoms with Gasteiger partial charge in [-0.3, -0.25) is 9.48 Å². The van der Waals surface area contributed by atoms with E-state index in [1.807, 2.05) is 36.6 Å². The highest BCUT2D eigenvalue weighted by Gasteiger charge is 2.40. The van der Waals surface area contributed by atoms with Crippen LogP contribution in [-0.4, -0.2) is 74.1 Å². The zero-order valence-corrected chi connectivity index (χ0v) is 24.1. The molecule has 0 radical (unpaired) electrons. The van der Waals surface area contributed by atoms with Gasteiger partial charge in [-0.25, -0.2) is 23.5 Å². The van der Waals surface area contributed by atoms with E-state index in [-0.39, 0.29) is 17.6 Å². The minimum Gasteiger partial charge on any atom is -0.364 e. The second kappa shape index (κ2) is 12.8. The van der Waals surface area contributed by atoms with Crippen molar-refractivity contribution in [1.82, 2.24) is 40.7 Å². The number of aromatic nitrogens is 5. The number of hydrogen-bond donors (Lipinski definition) is 4. The number of H-pyrrole nitrogens is 1. The topological polar surface area (TPSA) is 139 Å². The number of imidazole rings is 1. The van der Waals surface area contributed by atoms with E-state index in [9.17, 15) is 31.5 Å². The van der Waals surface area contributed by atoms with Gasteiger partial charge >= 0.3 is 12.2 Å². The third kappa shape index (κ3) is 8.61. The molecule has 4 heterocycles. The maximum absolute atomic E-state index is 13.2. The van der Waals surface area contributed by atoms with Crippen molar-refractivity contribution in [2.45, 2.75) is 83.3 Å². The molecule has 0 bridgehead atoms. The number of rotatable bonds is 9. The molecule has 2 fully saturated rings. The summed E-state index contributed by atoms with van der Waals surface area (Å²) in [6.45, 7) is 5.06. The average Bonchev–Trinajstić information content (AvgIpc) is 3.42. The third-order valence-electron chi connectivity index (χ3n) is 6.95. The highest BCUT2D eigenvalue weighted by molar-refractivity contribution is 5.92. The van der Waals surface area contributed by atoms with Gasteiger partial charge in [0.25, 0.3) is 11.8 Å². The molecule has 0 spiro atoms. The number of aromatic amines is 1. The van der Waals surface area contributed by atoms with Crippen LogP contribution in [0, 0.1) is 5.92 Å². The smallest absolute Gasteiger partial charge is 0.364 e. The lowest BCUT2D eigenvalue weighted by atomic mass is 10.1. The van der Waals surface area contributed by atoms with Gasteiger partial charge in [0.15, 0.2) is 11.8 Å². The number of carbonyl (C=O) groups is 2. The van der Waals surface area contributed by atoms with Crippen molar-refractivity contribution in [3.8, 4) is 0 Å². The number of urea groups is 1. The maximum atomic E-state index is 13.2. The SMILES string of the molecule is CC(C)n1nccc1C(=O)N[C@H](c1nc2nc(CC3CC3)ccc2[nH]1)[C@@H](C)OC(C)C(F)(F)F.O=C1NCC(F)(F)CN1. The van der Waals surface area contributed by atoms with Crippen LogP contribution in [0.5, 0.6) is 0 Å². The van der Waals surface area contributed by atoms with E-state index < -0.39 is 55.4 Å². The van der Waals surface area contributed by atoms with Crippen molar-refractivity contribution < 1.29 is 36.3 Å². The van der Waals surface area contributed by atoms with Crippen molar-refractivity contribution in [2.24, 2.45) is 5.92 Å². The molecule has 1 aliphatic heterocycles. The second-order valence-electron chi connectivity index (χ2n) is 11.1. The summed E-state index contributed by atoms with van der Waals surface area (Å²) in [6.07, 6.45) is -2.83. The van der Waals surface area contributed by atoms with E-state index in [0.29, 0.717) is 17.1 Å². The highest BCUT2D eigenvalue weighted by atomic mass is 19.4. The molecule has 1 saturated heterocycles. The number of amides is 3. The van der Waals surface area contributed by atoms with E-state index in [0.717, 1.165) is 19.0 Å². The molecule has 0 aromatic carbocycles. The Labute approximate surface area is 244 Å². The molecular weight excluding hydrogens is 579 g/mol. The van der Waals surface area contributed by atoms with Crippen LogP contribution in [0.1, 0.15) is 74.6 Å². The first kappa shape index (κ1) is 32.1. The van der Waals surface area contributed by atoms with E-state index in [4.69, 9.17) is 4.74 Å². The summed E-state index contributed by atoms with van der Waals surface area (Å²) in [6, 6.07) is 3.75. The molecule has 3 aromatic heterocycles. The molecule has 43 heavy (non-hydrogen) atoms. The first-order chi connectivity index (χ1) is 20.1. The number of alkyl halides is 5. The molecule has 5 rings (SSSR count). The van der Waals surface area contributed by atoms with Crippen LogP contribution in [0.2, 0.25) is 0 Å². The molecule has 16 heteroatoms. The summed E-state index contributed by atoms with van der Waals surface area (Å²) in [5.74, 6) is -2.35. The molecule has 3 aromatic rings. The molecule has 1 aliphatic carbocycles. The minimum absolute atomic E-state index is 0.0755. The molecule has 11 nitrogen and oxygen atoms in total. The number of halogens is 5. The van der Waals surface area contributed by atoms with Crippen LogP contribution in [0.3, 0.4) is 0 Å². The number of carbonyl (C=O) groups excluding carboxylic acids is 2. The first-order valence-corrected chi connectivity index (χ1v) is 13.9. The average molecular weight is 615 g/mol. The molecule has 1 unspecified atom stereocenters. The Morgan fingerprint density at radius 3 is 2.37 bits per heavy atom. The predicted molar refractivity (Wildman–Crippen MR) is 146 cm³/mol. The van der Waals surface area contributed by atoms with Gasteiger partial charge in [0.05, 0.1) is 24.7 Å². The molecule has 3 amide bonds. The van der Waals surface area contributed by atoms with Crippen molar-refractivity contribution in [1.29, 1.82) is 0 Å². The molecule has 2 aliphatic rings. The second-order valence-corrected chi connectivity index (χ2v) is 11.1. The number of nitrogens with zero attached hydrogens (tertiary/aromatic N) is 4. The van der Waals surface area contributed by atoms with Gasteiger partial charge in [-0.05, 0) is 71.1 Å². The third-order valence-corrected chi connectivity index (χ3v) is 6.95. The molecule has 4 N–H and O–H groups in total. The quantitative estimate of drug-likeness (QED) is 0.263. The maximum Gasteiger partial charge on any atom is 0.414 e. The van der Waals surface area contributed by atoms with Crippen LogP contribution in [-0.2, 0) is 11.2 Å². The monoisotopic (exact) mass is 614 g/mol. The van der Waals surface area contributed by atoms with Gasteiger partial charge in [0.2, 0.25) is 0 Å². The molecule has 236 valence electrons. The van der Waals surface area contributed by atoms with Crippen molar-refractivity contribution in [2.75, 3.05) is 13.1 Å². The van der Waals surface area contributed by atoms with Gasteiger partial charge in [-0.2, -0.15) is 18.3 Å².